The van der Waals surface area contributed by atoms with Gasteiger partial charge in [0.1, 0.15) is 11.2 Å². The molecule has 0 aromatic heterocycles. The fourth-order valence-electron chi connectivity index (χ4n) is 8.76. The Bertz CT molecular complexity index is 2450. The van der Waals surface area contributed by atoms with Gasteiger partial charge in [-0.3, -0.25) is 0 Å². The maximum atomic E-state index is 6.26. The van der Waals surface area contributed by atoms with E-state index in [1.165, 1.54) is 75.8 Å². The molecule has 8 aromatic rings. The Morgan fingerprint density at radius 1 is 0.393 bits per heavy atom. The molecule has 0 bridgehead atoms. The molecular formula is C52H56O9. The van der Waals surface area contributed by atoms with Gasteiger partial charge in [-0.1, -0.05) is 109 Å². The summed E-state index contributed by atoms with van der Waals surface area (Å²) in [5.74, 6) is 0. The molecule has 0 spiro atoms. The van der Waals surface area contributed by atoms with Crippen LogP contribution in [0.2, 0.25) is 0 Å². The van der Waals surface area contributed by atoms with Gasteiger partial charge >= 0.3 is 0 Å². The van der Waals surface area contributed by atoms with Crippen molar-refractivity contribution >= 4 is 64.6 Å². The first kappa shape index (κ1) is 41.8. The van der Waals surface area contributed by atoms with Crippen molar-refractivity contribution < 1.29 is 42.6 Å². The number of hydrogen-bond acceptors (Lipinski definition) is 9. The Balaban J connectivity index is 0.692. The fourth-order valence-corrected chi connectivity index (χ4v) is 8.76. The van der Waals surface area contributed by atoms with E-state index in [1.54, 1.807) is 0 Å². The predicted octanol–water partition coefficient (Wildman–Crippen LogP) is 9.86. The van der Waals surface area contributed by atoms with Crippen LogP contribution >= 0.6 is 0 Å². The van der Waals surface area contributed by atoms with Gasteiger partial charge < -0.3 is 42.6 Å². The summed E-state index contributed by atoms with van der Waals surface area (Å²) in [5, 5.41) is 15.3. The monoisotopic (exact) mass is 824 g/mol. The van der Waals surface area contributed by atoms with Gasteiger partial charge in [-0.05, 0) is 89.6 Å². The number of benzene rings is 8. The summed E-state index contributed by atoms with van der Waals surface area (Å²) in [6, 6.07) is 39.4. The van der Waals surface area contributed by atoms with Crippen LogP contribution in [0.4, 0.5) is 0 Å². The zero-order chi connectivity index (χ0) is 41.5. The second-order valence-corrected chi connectivity index (χ2v) is 16.7. The van der Waals surface area contributed by atoms with E-state index < -0.39 is 11.2 Å². The quantitative estimate of drug-likeness (QED) is 0.0787. The van der Waals surface area contributed by atoms with Crippen LogP contribution in [0.15, 0.2) is 109 Å². The third kappa shape index (κ3) is 9.61. The Hall–Kier alpha value is -4.52. The average molecular weight is 825 g/mol. The Morgan fingerprint density at radius 3 is 1.20 bits per heavy atom. The van der Waals surface area contributed by atoms with Crippen molar-refractivity contribution in [1.82, 2.24) is 0 Å². The van der Waals surface area contributed by atoms with E-state index in [2.05, 4.69) is 109 Å². The summed E-state index contributed by atoms with van der Waals surface area (Å²) in [4.78, 5) is 0. The van der Waals surface area contributed by atoms with E-state index in [-0.39, 0.29) is 0 Å². The summed E-state index contributed by atoms with van der Waals surface area (Å²) in [6.45, 7) is 10.7. The highest BCUT2D eigenvalue weighted by Crippen LogP contribution is 2.37. The molecule has 1 heterocycles. The molecule has 61 heavy (non-hydrogen) atoms. The molecule has 9 rings (SSSR count). The zero-order valence-corrected chi connectivity index (χ0v) is 35.4. The smallest absolute Gasteiger partial charge is 0.112 e. The summed E-state index contributed by atoms with van der Waals surface area (Å²) in [5.41, 5.74) is 1.04. The molecule has 1 fully saturated rings. The van der Waals surface area contributed by atoms with Gasteiger partial charge in [0.05, 0.1) is 106 Å². The van der Waals surface area contributed by atoms with Crippen LogP contribution in [0.3, 0.4) is 0 Å². The third-order valence-electron chi connectivity index (χ3n) is 11.9. The Kier molecular flexibility index (Phi) is 13.2. The third-order valence-corrected chi connectivity index (χ3v) is 11.9. The normalized spacial score (nSPS) is 20.4. The Labute approximate surface area is 357 Å². The van der Waals surface area contributed by atoms with Crippen molar-refractivity contribution in [2.24, 2.45) is 0 Å². The van der Waals surface area contributed by atoms with Crippen molar-refractivity contribution in [2.45, 2.75) is 38.3 Å². The average Bonchev–Trinajstić information content (AvgIpc) is 3.29. The summed E-state index contributed by atoms with van der Waals surface area (Å²) in [6.07, 6.45) is 0. The van der Waals surface area contributed by atoms with E-state index >= 15 is 0 Å². The molecule has 0 N–H and O–H groups in total. The molecule has 2 atom stereocenters. The van der Waals surface area contributed by atoms with Crippen molar-refractivity contribution in [3.63, 3.8) is 0 Å². The largest absolute Gasteiger partial charge is 0.377 e. The molecule has 0 aliphatic carbocycles. The molecule has 0 amide bonds. The minimum Gasteiger partial charge on any atom is -0.377 e. The van der Waals surface area contributed by atoms with Gasteiger partial charge in [0.25, 0.3) is 0 Å². The highest BCUT2D eigenvalue weighted by Gasteiger charge is 2.28. The van der Waals surface area contributed by atoms with Crippen LogP contribution in [-0.2, 0) is 55.8 Å². The molecule has 1 aliphatic heterocycles. The highest BCUT2D eigenvalue weighted by atomic mass is 16.6. The molecule has 1 saturated heterocycles. The van der Waals surface area contributed by atoms with Crippen molar-refractivity contribution in [3.05, 3.63) is 120 Å². The molecule has 9 nitrogen and oxygen atoms in total. The van der Waals surface area contributed by atoms with Gasteiger partial charge in [0.15, 0.2) is 0 Å². The van der Waals surface area contributed by atoms with Gasteiger partial charge in [-0.2, -0.15) is 0 Å². The SMILES string of the molecule is C[C@@]1(COCCOCc2ccc3ccc4cccc5ccc2c3c45)COCCOC[C@@](C)(COCCOCc2ccc3ccc4cccc5ccc2c3c45)OCCOCCO1. The second kappa shape index (κ2) is 19.3. The second-order valence-electron chi connectivity index (χ2n) is 16.7. The number of rotatable bonds is 14. The molecule has 0 unspecified atom stereocenters. The molecule has 9 heteroatoms. The molecule has 318 valence electrons. The van der Waals surface area contributed by atoms with Crippen LogP contribution in [0, 0.1) is 0 Å². The molecule has 0 saturated carbocycles. The highest BCUT2D eigenvalue weighted by molar-refractivity contribution is 6.24. The lowest BCUT2D eigenvalue weighted by atomic mass is 9.92. The fraction of sp³-hybridized carbons (Fsp3) is 0.385. The van der Waals surface area contributed by atoms with Gasteiger partial charge in [0, 0.05) is 0 Å². The zero-order valence-electron chi connectivity index (χ0n) is 35.4. The van der Waals surface area contributed by atoms with E-state index in [9.17, 15) is 0 Å². The minimum absolute atomic E-state index is 0.353. The molecular weight excluding hydrogens is 769 g/mol. The summed E-state index contributed by atoms with van der Waals surface area (Å²) in [7, 11) is 0. The van der Waals surface area contributed by atoms with Crippen LogP contribution in [0.25, 0.3) is 64.6 Å². The van der Waals surface area contributed by atoms with Crippen LogP contribution in [-0.4, -0.2) is 104 Å². The van der Waals surface area contributed by atoms with E-state index in [1.807, 2.05) is 13.8 Å². The topological polar surface area (TPSA) is 83.1 Å². The maximum absolute atomic E-state index is 6.26. The van der Waals surface area contributed by atoms with Crippen LogP contribution in [0.5, 0.6) is 0 Å². The van der Waals surface area contributed by atoms with E-state index in [0.717, 1.165) is 0 Å². The molecule has 8 aromatic carbocycles. The van der Waals surface area contributed by atoms with Gasteiger partial charge in [-0.15, -0.1) is 0 Å². The van der Waals surface area contributed by atoms with Gasteiger partial charge in [0.2, 0.25) is 0 Å². The number of hydrogen-bond donors (Lipinski definition) is 0. The minimum atomic E-state index is -0.656. The van der Waals surface area contributed by atoms with Crippen molar-refractivity contribution in [1.29, 1.82) is 0 Å². The van der Waals surface area contributed by atoms with Crippen molar-refractivity contribution in [3.8, 4) is 0 Å². The first-order chi connectivity index (χ1) is 30.0. The molecule has 1 aliphatic rings. The molecule has 0 radical (unpaired) electrons. The van der Waals surface area contributed by atoms with Crippen LogP contribution in [0.1, 0.15) is 25.0 Å². The Morgan fingerprint density at radius 2 is 0.754 bits per heavy atom. The lowest BCUT2D eigenvalue weighted by Gasteiger charge is -2.30. The van der Waals surface area contributed by atoms with Gasteiger partial charge in [-0.25, -0.2) is 0 Å². The maximum Gasteiger partial charge on any atom is 0.112 e. The van der Waals surface area contributed by atoms with E-state index in [4.69, 9.17) is 42.6 Å². The predicted molar refractivity (Wildman–Crippen MR) is 242 cm³/mol. The summed E-state index contributed by atoms with van der Waals surface area (Å²) < 4.78 is 54.9. The summed E-state index contributed by atoms with van der Waals surface area (Å²) >= 11 is 0. The van der Waals surface area contributed by atoms with Crippen molar-refractivity contribution in [2.75, 3.05) is 92.5 Å². The lowest BCUT2D eigenvalue weighted by molar-refractivity contribution is -0.141. The van der Waals surface area contributed by atoms with Crippen LogP contribution < -0.4 is 0 Å². The number of ether oxygens (including phenoxy) is 9. The first-order valence-corrected chi connectivity index (χ1v) is 21.6. The first-order valence-electron chi connectivity index (χ1n) is 21.6. The standard InChI is InChI=1S/C52H56O9/c1-51(33-56-23-21-54-31-43-15-13-41-11-9-37-5-3-7-39-17-19-45(43)49(41)47(37)39)35-58-25-26-59-36-52(2,61-30-28-53-27-29-60-51)34-57-24-22-55-32-44-16-14-42-12-10-38-6-4-8-40-18-20-46(44)50(42)48(38)40/h3-20H,21-36H2,1-2H3/t51-,52-/m1/s1. The lowest BCUT2D eigenvalue weighted by Crippen LogP contribution is -2.41. The van der Waals surface area contributed by atoms with E-state index in [0.29, 0.717) is 106 Å².